The zero-order valence-corrected chi connectivity index (χ0v) is 14.4. The van der Waals surface area contributed by atoms with E-state index in [-0.39, 0.29) is 17.9 Å². The number of amides is 1. The van der Waals surface area contributed by atoms with Crippen molar-refractivity contribution >= 4 is 11.6 Å². The van der Waals surface area contributed by atoms with E-state index in [0.717, 1.165) is 42.2 Å². The number of aromatic nitrogens is 3. The molecule has 0 aliphatic carbocycles. The first-order chi connectivity index (χ1) is 11.5. The zero-order valence-electron chi connectivity index (χ0n) is 14.4. The molecule has 0 N–H and O–H groups in total. The van der Waals surface area contributed by atoms with Gasteiger partial charge in [-0.25, -0.2) is 9.50 Å². The molecule has 0 radical (unpaired) electrons. The molecule has 7 heteroatoms. The van der Waals surface area contributed by atoms with E-state index in [2.05, 4.69) is 15.0 Å². The minimum absolute atomic E-state index is 0.0826. The molecule has 2 aromatic heterocycles. The third kappa shape index (κ3) is 2.57. The third-order valence-electron chi connectivity index (χ3n) is 5.07. The Hall–Kier alpha value is -1.99. The monoisotopic (exact) mass is 329 g/mol. The molecule has 2 bridgehead atoms. The average molecular weight is 329 g/mol. The topological polar surface area (TPSA) is 63.0 Å². The second-order valence-corrected chi connectivity index (χ2v) is 6.98. The number of hydrogen-bond donors (Lipinski definition) is 0. The molecule has 2 saturated heterocycles. The molecule has 128 valence electrons. The zero-order chi connectivity index (χ0) is 16.8. The fourth-order valence-corrected chi connectivity index (χ4v) is 3.79. The number of nitrogens with zero attached hydrogens (tertiary/aromatic N) is 5. The Morgan fingerprint density at radius 1 is 1.29 bits per heavy atom. The van der Waals surface area contributed by atoms with Crippen LogP contribution < -0.4 is 0 Å². The number of ether oxygens (including phenoxy) is 1. The standard InChI is InChI=1S/C17H23N5O2/c1-11-4-12(2)22-16(19-11)13(5-18-22)6-21-7-14-9-24-10-15(8-21)20(3)17(14)23/h4-5,14-15H,6-10H2,1-3H3/t14-,15+/m1/s1. The summed E-state index contributed by atoms with van der Waals surface area (Å²) in [6.07, 6.45) is 1.90. The summed E-state index contributed by atoms with van der Waals surface area (Å²) in [5, 5.41) is 4.48. The Bertz CT molecular complexity index is 787. The number of fused-ring (bicyclic) bond motifs is 4. The molecule has 4 heterocycles. The number of rotatable bonds is 2. The van der Waals surface area contributed by atoms with Crippen molar-refractivity contribution in [3.05, 3.63) is 29.2 Å². The number of carbonyl (C=O) groups excluding carboxylic acids is 1. The van der Waals surface area contributed by atoms with Gasteiger partial charge in [-0.1, -0.05) is 0 Å². The quantitative estimate of drug-likeness (QED) is 0.809. The highest BCUT2D eigenvalue weighted by molar-refractivity contribution is 5.80. The van der Waals surface area contributed by atoms with Crippen LogP contribution in [0.25, 0.3) is 5.65 Å². The number of hydrogen-bond acceptors (Lipinski definition) is 5. The smallest absolute Gasteiger partial charge is 0.229 e. The van der Waals surface area contributed by atoms with Crippen molar-refractivity contribution in [1.29, 1.82) is 0 Å². The van der Waals surface area contributed by atoms with Gasteiger partial charge in [-0.15, -0.1) is 0 Å². The largest absolute Gasteiger partial charge is 0.378 e. The maximum Gasteiger partial charge on any atom is 0.229 e. The van der Waals surface area contributed by atoms with E-state index in [9.17, 15) is 4.79 Å². The highest BCUT2D eigenvalue weighted by Gasteiger charge is 2.37. The lowest BCUT2D eigenvalue weighted by Gasteiger charge is -2.28. The Labute approximate surface area is 141 Å². The molecule has 2 aliphatic rings. The molecular formula is C17H23N5O2. The number of likely N-dealkylation sites (N-methyl/N-ethyl adjacent to an activating group) is 1. The van der Waals surface area contributed by atoms with E-state index in [1.165, 1.54) is 0 Å². The van der Waals surface area contributed by atoms with Gasteiger partial charge in [0.2, 0.25) is 5.91 Å². The van der Waals surface area contributed by atoms with Crippen LogP contribution in [-0.2, 0) is 16.1 Å². The van der Waals surface area contributed by atoms with Gasteiger partial charge in [0, 0.05) is 43.6 Å². The summed E-state index contributed by atoms with van der Waals surface area (Å²) in [4.78, 5) is 21.3. The summed E-state index contributed by atoms with van der Waals surface area (Å²) < 4.78 is 7.56. The van der Waals surface area contributed by atoms with E-state index in [0.29, 0.717) is 13.2 Å². The van der Waals surface area contributed by atoms with Crippen LogP contribution in [0.2, 0.25) is 0 Å². The van der Waals surface area contributed by atoms with Crippen LogP contribution in [0, 0.1) is 19.8 Å². The van der Waals surface area contributed by atoms with E-state index in [1.807, 2.05) is 42.6 Å². The summed E-state index contributed by atoms with van der Waals surface area (Å²) in [7, 11) is 1.89. The Morgan fingerprint density at radius 2 is 2.12 bits per heavy atom. The van der Waals surface area contributed by atoms with Crippen molar-refractivity contribution in [1.82, 2.24) is 24.4 Å². The molecular weight excluding hydrogens is 306 g/mol. The first-order valence-corrected chi connectivity index (χ1v) is 8.40. The van der Waals surface area contributed by atoms with Crippen molar-refractivity contribution in [2.45, 2.75) is 26.4 Å². The lowest BCUT2D eigenvalue weighted by Crippen LogP contribution is -2.42. The van der Waals surface area contributed by atoms with E-state index < -0.39 is 0 Å². The fraction of sp³-hybridized carbons (Fsp3) is 0.588. The van der Waals surface area contributed by atoms with Crippen LogP contribution in [0.15, 0.2) is 12.3 Å². The maximum absolute atomic E-state index is 12.5. The molecule has 7 nitrogen and oxygen atoms in total. The highest BCUT2D eigenvalue weighted by Crippen LogP contribution is 2.22. The van der Waals surface area contributed by atoms with Crippen LogP contribution in [0.1, 0.15) is 17.0 Å². The molecule has 1 amide bonds. The van der Waals surface area contributed by atoms with Crippen LogP contribution in [0.5, 0.6) is 0 Å². The van der Waals surface area contributed by atoms with E-state index >= 15 is 0 Å². The van der Waals surface area contributed by atoms with Crippen LogP contribution in [-0.4, -0.2) is 69.7 Å². The maximum atomic E-state index is 12.5. The summed E-state index contributed by atoms with van der Waals surface area (Å²) in [5.74, 6) is 0.116. The first kappa shape index (κ1) is 15.5. The average Bonchev–Trinajstić information content (AvgIpc) is 2.81. The SMILES string of the molecule is Cc1cc(C)n2ncc(CN3C[C@@H]4COC[C@H](C3)N(C)C4=O)c2n1. The lowest BCUT2D eigenvalue weighted by atomic mass is 10.1. The van der Waals surface area contributed by atoms with Gasteiger partial charge in [0.25, 0.3) is 0 Å². The van der Waals surface area contributed by atoms with Gasteiger partial charge in [-0.3, -0.25) is 9.69 Å². The predicted octanol–water partition coefficient (Wildman–Crippen LogP) is 0.635. The minimum Gasteiger partial charge on any atom is -0.378 e. The summed E-state index contributed by atoms with van der Waals surface area (Å²) in [6, 6.07) is 2.15. The van der Waals surface area contributed by atoms with Crippen molar-refractivity contribution in [3.8, 4) is 0 Å². The Morgan fingerprint density at radius 3 is 2.96 bits per heavy atom. The Balaban J connectivity index is 1.63. The van der Waals surface area contributed by atoms with Gasteiger partial charge < -0.3 is 9.64 Å². The van der Waals surface area contributed by atoms with Crippen molar-refractivity contribution in [2.24, 2.45) is 5.92 Å². The van der Waals surface area contributed by atoms with Crippen molar-refractivity contribution in [2.75, 3.05) is 33.4 Å². The van der Waals surface area contributed by atoms with Crippen molar-refractivity contribution in [3.63, 3.8) is 0 Å². The molecule has 2 atom stereocenters. The minimum atomic E-state index is -0.0826. The molecule has 2 aliphatic heterocycles. The van der Waals surface area contributed by atoms with Gasteiger partial charge in [0.1, 0.15) is 0 Å². The van der Waals surface area contributed by atoms with Gasteiger partial charge in [0.05, 0.1) is 31.4 Å². The molecule has 2 fully saturated rings. The molecule has 2 aromatic rings. The van der Waals surface area contributed by atoms with Gasteiger partial charge in [-0.2, -0.15) is 5.10 Å². The highest BCUT2D eigenvalue weighted by atomic mass is 16.5. The molecule has 4 rings (SSSR count). The first-order valence-electron chi connectivity index (χ1n) is 8.40. The van der Waals surface area contributed by atoms with Gasteiger partial charge in [0.15, 0.2) is 5.65 Å². The van der Waals surface area contributed by atoms with E-state index in [4.69, 9.17) is 4.74 Å². The van der Waals surface area contributed by atoms with Crippen LogP contribution in [0.3, 0.4) is 0 Å². The van der Waals surface area contributed by atoms with Gasteiger partial charge >= 0.3 is 0 Å². The number of carbonyl (C=O) groups is 1. The predicted molar refractivity (Wildman–Crippen MR) is 88.6 cm³/mol. The summed E-state index contributed by atoms with van der Waals surface area (Å²) in [5.41, 5.74) is 4.10. The lowest BCUT2D eigenvalue weighted by molar-refractivity contribution is -0.133. The number of aryl methyl sites for hydroxylation is 2. The summed E-state index contributed by atoms with van der Waals surface area (Å²) in [6.45, 7) is 7.48. The molecule has 0 aromatic carbocycles. The molecule has 24 heavy (non-hydrogen) atoms. The van der Waals surface area contributed by atoms with Gasteiger partial charge in [-0.05, 0) is 19.9 Å². The normalized spacial score (nSPS) is 25.3. The van der Waals surface area contributed by atoms with E-state index in [1.54, 1.807) is 0 Å². The fourth-order valence-electron chi connectivity index (χ4n) is 3.79. The summed E-state index contributed by atoms with van der Waals surface area (Å²) >= 11 is 0. The molecule has 0 unspecified atom stereocenters. The molecule has 0 spiro atoms. The van der Waals surface area contributed by atoms with Crippen LogP contribution in [0.4, 0.5) is 0 Å². The second kappa shape index (κ2) is 5.82. The van der Waals surface area contributed by atoms with Crippen LogP contribution >= 0.6 is 0 Å². The second-order valence-electron chi connectivity index (χ2n) is 6.98. The Kier molecular flexibility index (Phi) is 3.77. The van der Waals surface area contributed by atoms with Crippen molar-refractivity contribution < 1.29 is 9.53 Å². The third-order valence-corrected chi connectivity index (χ3v) is 5.07. The molecule has 0 saturated carbocycles.